The van der Waals surface area contributed by atoms with E-state index in [1.807, 2.05) is 0 Å². The number of aromatic nitrogens is 2. The highest BCUT2D eigenvalue weighted by molar-refractivity contribution is 6.02. The summed E-state index contributed by atoms with van der Waals surface area (Å²) in [6, 6.07) is 3.45. The van der Waals surface area contributed by atoms with Crippen LogP contribution in [0.15, 0.2) is 36.8 Å². The molecular weight excluding hydrogens is 225 g/mol. The van der Waals surface area contributed by atoms with Crippen molar-refractivity contribution in [2.45, 2.75) is 0 Å². The molecule has 0 saturated heterocycles. The molecule has 1 aromatic heterocycles. The van der Waals surface area contributed by atoms with Gasteiger partial charge in [-0.25, -0.2) is 9.37 Å². The van der Waals surface area contributed by atoms with Crippen LogP contribution in [0.2, 0.25) is 0 Å². The van der Waals surface area contributed by atoms with Crippen molar-refractivity contribution < 1.29 is 14.3 Å². The fourth-order valence-electron chi connectivity index (χ4n) is 1.21. The van der Waals surface area contributed by atoms with Crippen LogP contribution in [-0.4, -0.2) is 21.0 Å². The van der Waals surface area contributed by atoms with Crippen LogP contribution in [-0.2, 0) is 0 Å². The van der Waals surface area contributed by atoms with E-state index < -0.39 is 11.7 Å². The fourth-order valence-corrected chi connectivity index (χ4v) is 1.21. The molecule has 0 fully saturated rings. The zero-order valence-electron chi connectivity index (χ0n) is 8.59. The maximum Gasteiger partial charge on any atom is 0.275 e. The lowest BCUT2D eigenvalue weighted by Gasteiger charge is -2.05. The Bertz CT molecular complexity index is 546. The normalized spacial score (nSPS) is 9.94. The Morgan fingerprint density at radius 2 is 2.18 bits per heavy atom. The van der Waals surface area contributed by atoms with Gasteiger partial charge in [0, 0.05) is 18.5 Å². The van der Waals surface area contributed by atoms with E-state index >= 15 is 0 Å². The molecule has 6 heteroatoms. The molecule has 1 amide bonds. The highest BCUT2D eigenvalue weighted by Gasteiger charge is 2.10. The van der Waals surface area contributed by atoms with E-state index in [1.54, 1.807) is 0 Å². The number of nitrogens with zero attached hydrogens (tertiary/aromatic N) is 2. The highest BCUT2D eigenvalue weighted by Crippen LogP contribution is 2.19. The van der Waals surface area contributed by atoms with Crippen molar-refractivity contribution in [2.75, 3.05) is 5.32 Å². The number of benzene rings is 1. The average molecular weight is 233 g/mol. The van der Waals surface area contributed by atoms with Gasteiger partial charge in [-0.05, 0) is 12.1 Å². The summed E-state index contributed by atoms with van der Waals surface area (Å²) >= 11 is 0. The molecule has 5 nitrogen and oxygen atoms in total. The average Bonchev–Trinajstić information content (AvgIpc) is 2.34. The van der Waals surface area contributed by atoms with Gasteiger partial charge >= 0.3 is 0 Å². The number of carbonyl (C=O) groups excluding carboxylic acids is 1. The molecule has 2 rings (SSSR count). The molecular formula is C11H8FN3O2. The van der Waals surface area contributed by atoms with E-state index in [-0.39, 0.29) is 17.1 Å². The van der Waals surface area contributed by atoms with Gasteiger partial charge in [-0.1, -0.05) is 0 Å². The zero-order chi connectivity index (χ0) is 12.3. The predicted octanol–water partition coefficient (Wildman–Crippen LogP) is 1.57. The molecule has 0 radical (unpaired) electrons. The van der Waals surface area contributed by atoms with Crippen LogP contribution in [0.3, 0.4) is 0 Å². The highest BCUT2D eigenvalue weighted by atomic mass is 19.1. The number of hydrogen-bond donors (Lipinski definition) is 2. The fraction of sp³-hybridized carbons (Fsp3) is 0. The minimum Gasteiger partial charge on any atom is -0.508 e. The van der Waals surface area contributed by atoms with E-state index in [2.05, 4.69) is 15.3 Å². The van der Waals surface area contributed by atoms with E-state index in [0.717, 1.165) is 6.07 Å². The maximum absolute atomic E-state index is 13.3. The lowest BCUT2D eigenvalue weighted by molar-refractivity contribution is 0.102. The van der Waals surface area contributed by atoms with Gasteiger partial charge in [-0.3, -0.25) is 9.78 Å². The number of nitrogens with one attached hydrogen (secondary N) is 1. The summed E-state index contributed by atoms with van der Waals surface area (Å²) in [7, 11) is 0. The molecule has 0 bridgehead atoms. The first-order chi connectivity index (χ1) is 8.16. The quantitative estimate of drug-likeness (QED) is 0.772. The molecule has 0 saturated carbocycles. The molecule has 0 aliphatic rings. The van der Waals surface area contributed by atoms with Crippen LogP contribution in [0, 0.1) is 5.82 Å². The molecule has 0 unspecified atom stereocenters. The first kappa shape index (κ1) is 11.0. The minimum atomic E-state index is -0.720. The Balaban J connectivity index is 2.19. The molecule has 2 aromatic rings. The first-order valence-corrected chi connectivity index (χ1v) is 4.72. The summed E-state index contributed by atoms with van der Waals surface area (Å²) in [4.78, 5) is 19.1. The smallest absolute Gasteiger partial charge is 0.275 e. The van der Waals surface area contributed by atoms with Crippen molar-refractivity contribution >= 4 is 11.6 Å². The van der Waals surface area contributed by atoms with Crippen LogP contribution in [0.1, 0.15) is 10.5 Å². The van der Waals surface area contributed by atoms with Gasteiger partial charge < -0.3 is 10.4 Å². The van der Waals surface area contributed by atoms with Crippen molar-refractivity contribution in [3.05, 3.63) is 48.3 Å². The Kier molecular flexibility index (Phi) is 2.95. The Labute approximate surface area is 96.0 Å². The molecule has 17 heavy (non-hydrogen) atoms. The molecule has 86 valence electrons. The van der Waals surface area contributed by atoms with Gasteiger partial charge in [-0.2, -0.15) is 0 Å². The third kappa shape index (κ3) is 2.54. The Hall–Kier alpha value is -2.50. The Morgan fingerprint density at radius 3 is 2.82 bits per heavy atom. The molecule has 0 atom stereocenters. The van der Waals surface area contributed by atoms with Gasteiger partial charge in [-0.15, -0.1) is 0 Å². The second-order valence-electron chi connectivity index (χ2n) is 3.21. The monoisotopic (exact) mass is 233 g/mol. The lowest BCUT2D eigenvalue weighted by Crippen LogP contribution is -2.14. The third-order valence-electron chi connectivity index (χ3n) is 2.00. The van der Waals surface area contributed by atoms with Crippen molar-refractivity contribution in [2.24, 2.45) is 0 Å². The molecule has 0 spiro atoms. The van der Waals surface area contributed by atoms with E-state index in [1.165, 1.54) is 30.7 Å². The number of amides is 1. The van der Waals surface area contributed by atoms with E-state index in [4.69, 9.17) is 5.11 Å². The van der Waals surface area contributed by atoms with Crippen molar-refractivity contribution in [1.29, 1.82) is 0 Å². The molecule has 1 heterocycles. The number of halogens is 1. The molecule has 2 N–H and O–H groups in total. The zero-order valence-corrected chi connectivity index (χ0v) is 8.59. The summed E-state index contributed by atoms with van der Waals surface area (Å²) in [5.41, 5.74) is 0.0541. The summed E-state index contributed by atoms with van der Waals surface area (Å²) in [6.07, 6.45) is 4.06. The number of rotatable bonds is 2. The van der Waals surface area contributed by atoms with Crippen LogP contribution >= 0.6 is 0 Å². The van der Waals surface area contributed by atoms with Crippen molar-refractivity contribution in [3.8, 4) is 5.75 Å². The van der Waals surface area contributed by atoms with Gasteiger partial charge in [0.15, 0.2) is 0 Å². The van der Waals surface area contributed by atoms with Gasteiger partial charge in [0.1, 0.15) is 17.3 Å². The van der Waals surface area contributed by atoms with Crippen molar-refractivity contribution in [1.82, 2.24) is 9.97 Å². The topological polar surface area (TPSA) is 75.1 Å². The minimum absolute atomic E-state index is 0.0292. The van der Waals surface area contributed by atoms with Crippen molar-refractivity contribution in [3.63, 3.8) is 0 Å². The van der Waals surface area contributed by atoms with Gasteiger partial charge in [0.2, 0.25) is 0 Å². The second kappa shape index (κ2) is 4.56. The number of hydrogen-bond acceptors (Lipinski definition) is 4. The first-order valence-electron chi connectivity index (χ1n) is 4.72. The molecule has 1 aromatic carbocycles. The third-order valence-corrected chi connectivity index (χ3v) is 2.00. The summed E-state index contributed by atoms with van der Waals surface area (Å²) in [5, 5.41) is 11.3. The number of carbonyl (C=O) groups is 1. The summed E-state index contributed by atoms with van der Waals surface area (Å²) in [5.74, 6) is -1.50. The summed E-state index contributed by atoms with van der Waals surface area (Å²) < 4.78 is 13.3. The largest absolute Gasteiger partial charge is 0.508 e. The number of aromatic hydroxyl groups is 1. The molecule has 0 aliphatic heterocycles. The van der Waals surface area contributed by atoms with E-state index in [9.17, 15) is 9.18 Å². The van der Waals surface area contributed by atoms with E-state index in [0.29, 0.717) is 0 Å². The number of phenolic OH excluding ortho intramolecular Hbond substituents is 1. The Morgan fingerprint density at radius 1 is 1.35 bits per heavy atom. The number of anilines is 1. The predicted molar refractivity (Wildman–Crippen MR) is 58.1 cm³/mol. The number of phenols is 1. The SMILES string of the molecule is O=C(Nc1ccc(O)cc1F)c1cnccn1. The van der Waals surface area contributed by atoms with Crippen LogP contribution in [0.5, 0.6) is 5.75 Å². The van der Waals surface area contributed by atoms with Crippen LogP contribution in [0.4, 0.5) is 10.1 Å². The second-order valence-corrected chi connectivity index (χ2v) is 3.21. The molecule has 0 aliphatic carbocycles. The summed E-state index contributed by atoms with van der Waals surface area (Å²) in [6.45, 7) is 0. The van der Waals surface area contributed by atoms with Crippen LogP contribution < -0.4 is 5.32 Å². The van der Waals surface area contributed by atoms with Gasteiger partial charge in [0.05, 0.1) is 11.9 Å². The standard InChI is InChI=1S/C11H8FN3O2/c12-8-5-7(16)1-2-9(8)15-11(17)10-6-13-3-4-14-10/h1-6,16H,(H,15,17). The lowest BCUT2D eigenvalue weighted by atomic mass is 10.2. The van der Waals surface area contributed by atoms with Gasteiger partial charge in [0.25, 0.3) is 5.91 Å². The van der Waals surface area contributed by atoms with Crippen LogP contribution in [0.25, 0.3) is 0 Å². The maximum atomic E-state index is 13.3.